The lowest BCUT2D eigenvalue weighted by Crippen LogP contribution is -2.51. The highest BCUT2D eigenvalue weighted by Gasteiger charge is 2.38. The minimum absolute atomic E-state index is 0.0479. The van der Waals surface area contributed by atoms with Crippen molar-refractivity contribution in [3.05, 3.63) is 52.2 Å². The van der Waals surface area contributed by atoms with Crippen LogP contribution >= 0.6 is 12.2 Å². The van der Waals surface area contributed by atoms with E-state index in [9.17, 15) is 23.3 Å². The van der Waals surface area contributed by atoms with Crippen molar-refractivity contribution in [2.75, 3.05) is 43.4 Å². The number of benzene rings is 1. The fourth-order valence-corrected chi connectivity index (χ4v) is 4.91. The van der Waals surface area contributed by atoms with Gasteiger partial charge in [0.15, 0.2) is 5.11 Å². The monoisotopic (exact) mass is 538 g/mol. The lowest BCUT2D eigenvalue weighted by atomic mass is 9.92. The number of nitro benzene ring substituents is 1. The summed E-state index contributed by atoms with van der Waals surface area (Å²) in [6, 6.07) is 6.86. The van der Waals surface area contributed by atoms with Crippen LogP contribution in [0, 0.1) is 10.1 Å². The zero-order valence-corrected chi connectivity index (χ0v) is 21.1. The minimum atomic E-state index is -4.81. The largest absolute Gasteiger partial charge is 0.474 e. The summed E-state index contributed by atoms with van der Waals surface area (Å²) < 4.78 is 45.9. The van der Waals surface area contributed by atoms with E-state index >= 15 is 0 Å². The number of piperazine rings is 1. The molecule has 0 radical (unpaired) electrons. The van der Waals surface area contributed by atoms with Crippen LogP contribution in [-0.4, -0.2) is 65.3 Å². The van der Waals surface area contributed by atoms with Crippen LogP contribution in [0.15, 0.2) is 36.5 Å². The number of aromatic nitrogens is 1. The summed E-state index contributed by atoms with van der Waals surface area (Å²) in [5.74, 6) is 0.548. The van der Waals surface area contributed by atoms with Gasteiger partial charge in [-0.1, -0.05) is 0 Å². The maximum absolute atomic E-state index is 13.3. The molecule has 2 aromatic rings. The Morgan fingerprint density at radius 3 is 2.46 bits per heavy atom. The zero-order valence-electron chi connectivity index (χ0n) is 20.3. The number of rotatable bonds is 6. The highest BCUT2D eigenvalue weighted by Crippen LogP contribution is 2.38. The molecule has 0 atom stereocenters. The molecule has 13 heteroatoms. The molecule has 2 heterocycles. The van der Waals surface area contributed by atoms with E-state index in [0.717, 1.165) is 49.1 Å². The molecule has 1 aliphatic heterocycles. The van der Waals surface area contributed by atoms with Crippen LogP contribution in [0.25, 0.3) is 0 Å². The quantitative estimate of drug-likeness (QED) is 0.314. The van der Waals surface area contributed by atoms with E-state index in [4.69, 9.17) is 17.0 Å². The van der Waals surface area contributed by atoms with Crippen LogP contribution in [0.1, 0.15) is 31.2 Å². The third-order valence-corrected chi connectivity index (χ3v) is 7.16. The van der Waals surface area contributed by atoms with E-state index in [-0.39, 0.29) is 17.8 Å². The first-order valence-electron chi connectivity index (χ1n) is 12.1. The Balaban J connectivity index is 1.30. The number of nitro groups is 1. The molecule has 200 valence electrons. The van der Waals surface area contributed by atoms with Gasteiger partial charge in [0.2, 0.25) is 5.88 Å². The summed E-state index contributed by atoms with van der Waals surface area (Å²) in [7, 11) is 1.82. The van der Waals surface area contributed by atoms with Gasteiger partial charge in [-0.2, -0.15) is 13.2 Å². The van der Waals surface area contributed by atoms with E-state index in [1.54, 1.807) is 6.20 Å². The normalized spacial score (nSPS) is 20.3. The summed E-state index contributed by atoms with van der Waals surface area (Å²) in [4.78, 5) is 18.7. The van der Waals surface area contributed by atoms with E-state index < -0.39 is 22.4 Å². The topological polar surface area (TPSA) is 95.8 Å². The molecular weight excluding hydrogens is 509 g/mol. The van der Waals surface area contributed by atoms with E-state index in [0.29, 0.717) is 31.6 Å². The van der Waals surface area contributed by atoms with Gasteiger partial charge in [0.25, 0.3) is 5.69 Å². The smallest absolute Gasteiger partial charge is 0.423 e. The van der Waals surface area contributed by atoms with Crippen LogP contribution in [0.2, 0.25) is 0 Å². The number of nitrogens with one attached hydrogen (secondary N) is 2. The van der Waals surface area contributed by atoms with Gasteiger partial charge in [-0.05, 0) is 56.1 Å². The highest BCUT2D eigenvalue weighted by atomic mass is 32.1. The highest BCUT2D eigenvalue weighted by molar-refractivity contribution is 7.80. The first kappa shape index (κ1) is 26.7. The number of ether oxygens (including phenoxy) is 1. The summed E-state index contributed by atoms with van der Waals surface area (Å²) in [5, 5.41) is 17.8. The molecule has 1 saturated carbocycles. The second kappa shape index (κ2) is 11.4. The Bertz CT molecular complexity index is 1120. The number of alkyl halides is 3. The van der Waals surface area contributed by atoms with Crippen LogP contribution < -0.4 is 20.3 Å². The molecule has 4 rings (SSSR count). The van der Waals surface area contributed by atoms with Gasteiger partial charge in [0.1, 0.15) is 11.7 Å². The van der Waals surface area contributed by atoms with Crippen LogP contribution in [0.3, 0.4) is 0 Å². The van der Waals surface area contributed by atoms with Crippen LogP contribution in [0.5, 0.6) is 5.88 Å². The van der Waals surface area contributed by atoms with Crippen LogP contribution in [-0.2, 0) is 6.18 Å². The van der Waals surface area contributed by atoms with Gasteiger partial charge in [-0.25, -0.2) is 4.98 Å². The van der Waals surface area contributed by atoms with E-state index in [2.05, 4.69) is 25.4 Å². The van der Waals surface area contributed by atoms with Crippen molar-refractivity contribution in [3.8, 4) is 5.88 Å². The molecule has 0 spiro atoms. The number of thiocarbonyl (C=S) groups is 1. The lowest BCUT2D eigenvalue weighted by Gasteiger charge is -2.37. The molecule has 1 saturated heterocycles. The average Bonchev–Trinajstić information content (AvgIpc) is 2.89. The first-order chi connectivity index (χ1) is 17.6. The molecule has 0 amide bonds. The standard InChI is InChI=1S/C24H29F3N6O3S/c1-28-23(37)32-12-10-31(11-13-32)18-8-9-29-22(15-18)36-19-5-2-16(3-6-19)30-17-4-7-21(33(34)35)20(14-17)24(25,26)27/h4,7-9,14-16,19,30H,2-3,5-6,10-13H2,1H3,(H,28,37)/t16-,19-. The molecule has 1 aliphatic carbocycles. The van der Waals surface area contributed by atoms with Crippen molar-refractivity contribution in [3.63, 3.8) is 0 Å². The number of pyridine rings is 1. The average molecular weight is 539 g/mol. The predicted octanol–water partition coefficient (Wildman–Crippen LogP) is 4.44. The van der Waals surface area contributed by atoms with Gasteiger partial charge in [-0.3, -0.25) is 10.1 Å². The van der Waals surface area contributed by atoms with Crippen molar-refractivity contribution < 1.29 is 22.8 Å². The lowest BCUT2D eigenvalue weighted by molar-refractivity contribution is -0.388. The van der Waals surface area contributed by atoms with Crippen molar-refractivity contribution in [2.45, 2.75) is 44.0 Å². The second-order valence-corrected chi connectivity index (χ2v) is 9.49. The number of halogens is 3. The van der Waals surface area contributed by atoms with E-state index in [1.807, 2.05) is 19.2 Å². The summed E-state index contributed by atoms with van der Waals surface area (Å²) in [6.45, 7) is 3.32. The SMILES string of the molecule is CNC(=S)N1CCN(c2ccnc(O[C@H]3CC[C@H](Nc4ccc([N+](=O)[O-])c(C(F)(F)F)c4)CC3)c2)CC1. The third kappa shape index (κ3) is 6.70. The molecular formula is C24H29F3N6O3S. The number of hydrogen-bond donors (Lipinski definition) is 2. The molecule has 2 aliphatic rings. The Kier molecular flexibility index (Phi) is 8.20. The zero-order chi connectivity index (χ0) is 26.6. The van der Waals surface area contributed by atoms with Gasteiger partial charge in [-0.15, -0.1) is 0 Å². The summed E-state index contributed by atoms with van der Waals surface area (Å²) >= 11 is 5.31. The molecule has 0 bridgehead atoms. The number of anilines is 2. The molecule has 2 fully saturated rings. The third-order valence-electron chi connectivity index (χ3n) is 6.70. The van der Waals surface area contributed by atoms with Crippen LogP contribution in [0.4, 0.5) is 30.2 Å². The Morgan fingerprint density at radius 1 is 1.14 bits per heavy atom. The summed E-state index contributed by atoms with van der Waals surface area (Å²) in [5.41, 5.74) is -0.953. The molecule has 2 N–H and O–H groups in total. The maximum Gasteiger partial charge on any atom is 0.423 e. The second-order valence-electron chi connectivity index (χ2n) is 9.10. The summed E-state index contributed by atoms with van der Waals surface area (Å²) in [6.07, 6.45) is -0.319. The van der Waals surface area contributed by atoms with Crippen molar-refractivity contribution in [2.24, 2.45) is 0 Å². The molecule has 0 unspecified atom stereocenters. The van der Waals surface area contributed by atoms with Crippen molar-refractivity contribution >= 4 is 34.4 Å². The Morgan fingerprint density at radius 2 is 1.84 bits per heavy atom. The van der Waals surface area contributed by atoms with Crippen molar-refractivity contribution in [1.29, 1.82) is 0 Å². The number of hydrogen-bond acceptors (Lipinski definition) is 7. The van der Waals surface area contributed by atoms with Crippen molar-refractivity contribution in [1.82, 2.24) is 15.2 Å². The minimum Gasteiger partial charge on any atom is -0.474 e. The first-order valence-corrected chi connectivity index (χ1v) is 12.5. The van der Waals surface area contributed by atoms with E-state index in [1.165, 1.54) is 6.07 Å². The molecule has 9 nitrogen and oxygen atoms in total. The molecule has 37 heavy (non-hydrogen) atoms. The number of nitrogens with zero attached hydrogens (tertiary/aromatic N) is 4. The Hall–Kier alpha value is -3.35. The van der Waals surface area contributed by atoms with Gasteiger partial charge in [0, 0.05) is 69.0 Å². The fourth-order valence-electron chi connectivity index (χ4n) is 4.73. The molecule has 1 aromatic heterocycles. The Labute approximate surface area is 218 Å². The van der Waals surface area contributed by atoms with Gasteiger partial charge >= 0.3 is 6.18 Å². The predicted molar refractivity (Wildman–Crippen MR) is 138 cm³/mol. The van der Waals surface area contributed by atoms with Gasteiger partial charge in [0.05, 0.1) is 4.92 Å². The molecule has 1 aromatic carbocycles. The fraction of sp³-hybridized carbons (Fsp3) is 0.500. The van der Waals surface area contributed by atoms with Gasteiger partial charge < -0.3 is 25.2 Å². The maximum atomic E-state index is 13.3.